The molecule has 206 valence electrons. The van der Waals surface area contributed by atoms with Gasteiger partial charge in [0.2, 0.25) is 17.7 Å². The quantitative estimate of drug-likeness (QED) is 0.208. The molecule has 0 bridgehead atoms. The van der Waals surface area contributed by atoms with Crippen molar-refractivity contribution >= 4 is 35.3 Å². The van der Waals surface area contributed by atoms with Gasteiger partial charge in [0.15, 0.2) is 0 Å². The first-order valence-corrected chi connectivity index (χ1v) is 12.0. The lowest BCUT2D eigenvalue weighted by Crippen LogP contribution is -2.63. The summed E-state index contributed by atoms with van der Waals surface area (Å²) in [5, 5.41) is 18.7. The van der Waals surface area contributed by atoms with Crippen LogP contribution in [0.2, 0.25) is 0 Å². The van der Waals surface area contributed by atoms with Gasteiger partial charge in [0, 0.05) is 24.5 Å². The Morgan fingerprint density at radius 2 is 1.56 bits per heavy atom. The molecule has 39 heavy (non-hydrogen) atoms. The van der Waals surface area contributed by atoms with E-state index in [2.05, 4.69) is 16.0 Å². The lowest BCUT2D eigenvalue weighted by Gasteiger charge is -2.30. The third kappa shape index (κ3) is 7.60. The summed E-state index contributed by atoms with van der Waals surface area (Å²) in [5.74, 6) is -4.42. The van der Waals surface area contributed by atoms with E-state index < -0.39 is 65.0 Å². The molecule has 0 saturated carbocycles. The zero-order chi connectivity index (χ0) is 28.5. The summed E-state index contributed by atoms with van der Waals surface area (Å²) in [5.41, 5.74) is 0.964. The molecule has 1 saturated heterocycles. The maximum absolute atomic E-state index is 12.9. The van der Waals surface area contributed by atoms with Gasteiger partial charge in [-0.25, -0.2) is 4.79 Å². The molecular weight excluding hydrogens is 512 g/mol. The number of ether oxygens (including phenoxy) is 2. The average Bonchev–Trinajstić information content (AvgIpc) is 2.93. The van der Waals surface area contributed by atoms with Gasteiger partial charge < -0.3 is 25.4 Å². The molecule has 0 aromatic heterocycles. The summed E-state index contributed by atoms with van der Waals surface area (Å²) >= 11 is 0. The van der Waals surface area contributed by atoms with E-state index in [0.717, 1.165) is 19.8 Å². The summed E-state index contributed by atoms with van der Waals surface area (Å²) < 4.78 is 9.55. The van der Waals surface area contributed by atoms with Crippen LogP contribution in [0.3, 0.4) is 0 Å². The summed E-state index contributed by atoms with van der Waals surface area (Å²) in [6, 6.07) is 10.8. The Morgan fingerprint density at radius 1 is 0.949 bits per heavy atom. The molecule has 13 nitrogen and oxygen atoms in total. The number of benzene rings is 2. The number of piperazine rings is 1. The highest BCUT2D eigenvalue weighted by molar-refractivity contribution is 5.99. The van der Waals surface area contributed by atoms with E-state index in [0.29, 0.717) is 5.56 Å². The van der Waals surface area contributed by atoms with E-state index in [1.54, 1.807) is 0 Å². The monoisotopic (exact) mass is 540 g/mol. The maximum Gasteiger partial charge on any atom is 0.329 e. The topological polar surface area (TPSA) is 183 Å². The molecule has 0 spiro atoms. The number of hydrogen-bond donors (Lipinski definition) is 3. The Kier molecular flexibility index (Phi) is 9.68. The number of nitrogens with zero attached hydrogens (tertiary/aromatic N) is 1. The first-order valence-electron chi connectivity index (χ1n) is 12.0. The highest BCUT2D eigenvalue weighted by Crippen LogP contribution is 2.27. The van der Waals surface area contributed by atoms with Crippen molar-refractivity contribution in [1.82, 2.24) is 16.0 Å². The van der Waals surface area contributed by atoms with Crippen LogP contribution < -0.4 is 16.0 Å². The zero-order valence-corrected chi connectivity index (χ0v) is 21.2. The molecule has 13 heteroatoms. The van der Waals surface area contributed by atoms with Crippen molar-refractivity contribution in [3.8, 4) is 0 Å². The van der Waals surface area contributed by atoms with Crippen LogP contribution >= 0.6 is 0 Å². The predicted molar refractivity (Wildman–Crippen MR) is 135 cm³/mol. The Bertz CT molecular complexity index is 1230. The number of esters is 2. The normalized spacial score (nSPS) is 18.1. The van der Waals surface area contributed by atoms with E-state index in [9.17, 15) is 34.1 Å². The average molecular weight is 541 g/mol. The fourth-order valence-corrected chi connectivity index (χ4v) is 4.22. The number of nitro groups is 1. The van der Waals surface area contributed by atoms with E-state index >= 15 is 0 Å². The molecule has 1 aliphatic heterocycles. The molecule has 0 unspecified atom stereocenters. The Morgan fingerprint density at radius 3 is 2.15 bits per heavy atom. The number of hydrogen-bond acceptors (Lipinski definition) is 9. The summed E-state index contributed by atoms with van der Waals surface area (Å²) in [4.78, 5) is 73.5. The minimum Gasteiger partial charge on any atom is -0.469 e. The molecule has 3 rings (SSSR count). The fraction of sp³-hybridized carbons (Fsp3) is 0.346. The highest BCUT2D eigenvalue weighted by Gasteiger charge is 2.38. The molecule has 2 aromatic carbocycles. The van der Waals surface area contributed by atoms with Crippen LogP contribution in [-0.2, 0) is 39.9 Å². The van der Waals surface area contributed by atoms with Crippen molar-refractivity contribution in [3.63, 3.8) is 0 Å². The van der Waals surface area contributed by atoms with Gasteiger partial charge in [-0.1, -0.05) is 42.5 Å². The summed E-state index contributed by atoms with van der Waals surface area (Å²) in [6.45, 7) is 0. The van der Waals surface area contributed by atoms with Crippen molar-refractivity contribution in [2.24, 2.45) is 0 Å². The van der Waals surface area contributed by atoms with Gasteiger partial charge in [0.25, 0.3) is 5.69 Å². The van der Waals surface area contributed by atoms with Gasteiger partial charge in [-0.3, -0.25) is 29.3 Å². The van der Waals surface area contributed by atoms with Crippen LogP contribution in [0.15, 0.2) is 54.6 Å². The number of amides is 3. The molecule has 1 fully saturated rings. The minimum absolute atomic E-state index is 0.209. The van der Waals surface area contributed by atoms with E-state index in [-0.39, 0.29) is 18.5 Å². The van der Waals surface area contributed by atoms with Crippen molar-refractivity contribution < 1.29 is 38.4 Å². The molecule has 3 N–H and O–H groups in total. The standard InChI is InChI=1S/C26H28N4O9/c1-38-22(32)13-18(16-8-10-17(11-9-16)30(36)37)23(26(35)39-2)29-21(31)14-20-25(34)27-19(24(33)28-20)12-15-6-4-3-5-7-15/h3-11,18-20,23H,12-14H2,1-2H3,(H,27,34)(H,28,33)(H,29,31)/t18-,19+,20+,23-/m1/s1. The van der Waals surface area contributed by atoms with Gasteiger partial charge in [-0.2, -0.15) is 0 Å². The van der Waals surface area contributed by atoms with Gasteiger partial charge >= 0.3 is 11.9 Å². The second-order valence-corrected chi connectivity index (χ2v) is 8.82. The SMILES string of the molecule is COC(=O)C[C@H](c1ccc([N+](=O)[O-])cc1)[C@@H](NC(=O)C[C@@H]1NC(=O)[C@H](Cc2ccccc2)NC1=O)C(=O)OC. The number of carbonyl (C=O) groups is 5. The molecule has 2 aromatic rings. The Balaban J connectivity index is 1.74. The first-order chi connectivity index (χ1) is 18.6. The highest BCUT2D eigenvalue weighted by atomic mass is 16.6. The van der Waals surface area contributed by atoms with E-state index in [1.165, 1.54) is 24.3 Å². The van der Waals surface area contributed by atoms with Gasteiger partial charge in [-0.15, -0.1) is 0 Å². The summed E-state index contributed by atoms with van der Waals surface area (Å²) in [7, 11) is 2.24. The maximum atomic E-state index is 12.9. The molecule has 0 radical (unpaired) electrons. The number of carbonyl (C=O) groups excluding carboxylic acids is 5. The number of nitrogens with one attached hydrogen (secondary N) is 3. The molecule has 3 amide bonds. The molecule has 1 heterocycles. The fourth-order valence-electron chi connectivity index (χ4n) is 4.22. The van der Waals surface area contributed by atoms with Crippen LogP contribution in [-0.4, -0.2) is 66.9 Å². The van der Waals surface area contributed by atoms with Gasteiger partial charge in [0.05, 0.1) is 32.0 Å². The number of methoxy groups -OCH3 is 2. The van der Waals surface area contributed by atoms with E-state index in [4.69, 9.17) is 9.47 Å². The lowest BCUT2D eigenvalue weighted by atomic mass is 9.88. The summed E-state index contributed by atoms with van der Waals surface area (Å²) in [6.07, 6.45) is -0.587. The van der Waals surface area contributed by atoms with Crippen molar-refractivity contribution in [2.75, 3.05) is 14.2 Å². The smallest absolute Gasteiger partial charge is 0.329 e. The van der Waals surface area contributed by atoms with Gasteiger partial charge in [0.1, 0.15) is 18.1 Å². The lowest BCUT2D eigenvalue weighted by molar-refractivity contribution is -0.384. The molecule has 0 aliphatic carbocycles. The van der Waals surface area contributed by atoms with Crippen LogP contribution in [0.4, 0.5) is 5.69 Å². The minimum atomic E-state index is -1.41. The second kappa shape index (κ2) is 13.1. The van der Waals surface area contributed by atoms with Crippen LogP contribution in [0, 0.1) is 10.1 Å². The predicted octanol–water partition coefficient (Wildman–Crippen LogP) is 0.515. The number of nitro benzene ring substituents is 1. The van der Waals surface area contributed by atoms with Crippen LogP contribution in [0.25, 0.3) is 0 Å². The van der Waals surface area contributed by atoms with Crippen molar-refractivity contribution in [1.29, 1.82) is 0 Å². The number of rotatable bonds is 11. The third-order valence-electron chi connectivity index (χ3n) is 6.26. The molecular formula is C26H28N4O9. The van der Waals surface area contributed by atoms with E-state index in [1.807, 2.05) is 30.3 Å². The number of non-ortho nitro benzene ring substituents is 1. The Hall–Kier alpha value is -4.81. The van der Waals surface area contributed by atoms with Crippen molar-refractivity contribution in [3.05, 3.63) is 75.8 Å². The van der Waals surface area contributed by atoms with Crippen LogP contribution in [0.5, 0.6) is 0 Å². The Labute approximate surface area is 223 Å². The van der Waals surface area contributed by atoms with Crippen molar-refractivity contribution in [2.45, 2.75) is 43.3 Å². The van der Waals surface area contributed by atoms with Crippen LogP contribution in [0.1, 0.15) is 29.9 Å². The molecule has 4 atom stereocenters. The zero-order valence-electron chi connectivity index (χ0n) is 21.2. The van der Waals surface area contributed by atoms with Gasteiger partial charge in [-0.05, 0) is 11.1 Å². The first kappa shape index (κ1) is 28.8. The molecule has 1 aliphatic rings. The second-order valence-electron chi connectivity index (χ2n) is 8.82. The third-order valence-corrected chi connectivity index (χ3v) is 6.26. The largest absolute Gasteiger partial charge is 0.469 e.